The zero-order valence-corrected chi connectivity index (χ0v) is 11.8. The van der Waals surface area contributed by atoms with E-state index in [0.717, 1.165) is 19.0 Å². The summed E-state index contributed by atoms with van der Waals surface area (Å²) in [5, 5.41) is 3.41. The quantitative estimate of drug-likeness (QED) is 0.751. The van der Waals surface area contributed by atoms with E-state index in [0.29, 0.717) is 5.92 Å². The first-order chi connectivity index (χ1) is 8.13. The van der Waals surface area contributed by atoms with Gasteiger partial charge in [0.15, 0.2) is 0 Å². The molecule has 0 amide bonds. The van der Waals surface area contributed by atoms with Gasteiger partial charge in [0, 0.05) is 0 Å². The molecule has 1 atom stereocenters. The zero-order valence-electron chi connectivity index (χ0n) is 11.8. The van der Waals surface area contributed by atoms with Crippen LogP contribution in [0.2, 0.25) is 0 Å². The Hall–Kier alpha value is -0.820. The van der Waals surface area contributed by atoms with E-state index in [4.69, 9.17) is 0 Å². The standard InChI is InChI=1S/C16H27N/c1-5-17-12-14(4)6-7-15-8-10-16(11-9-15)13(2)3/h8-11,13-14,17H,5-7,12H2,1-4H3. The first kappa shape index (κ1) is 14.2. The molecule has 1 aromatic rings. The van der Waals surface area contributed by atoms with E-state index in [-0.39, 0.29) is 0 Å². The van der Waals surface area contributed by atoms with Crippen LogP contribution in [0.15, 0.2) is 24.3 Å². The van der Waals surface area contributed by atoms with Crippen molar-refractivity contribution in [2.45, 2.75) is 46.5 Å². The lowest BCUT2D eigenvalue weighted by atomic mass is 9.97. The van der Waals surface area contributed by atoms with Gasteiger partial charge in [0.05, 0.1) is 0 Å². The van der Waals surface area contributed by atoms with Gasteiger partial charge in [-0.25, -0.2) is 0 Å². The molecule has 0 heterocycles. The average Bonchev–Trinajstić information content (AvgIpc) is 2.34. The molecule has 0 fully saturated rings. The molecule has 1 rings (SSSR count). The molecule has 1 aromatic carbocycles. The average molecular weight is 233 g/mol. The number of nitrogens with one attached hydrogen (secondary N) is 1. The Balaban J connectivity index is 2.36. The highest BCUT2D eigenvalue weighted by molar-refractivity contribution is 5.24. The normalized spacial score (nSPS) is 13.0. The SMILES string of the molecule is CCNCC(C)CCc1ccc(C(C)C)cc1. The van der Waals surface area contributed by atoms with E-state index in [9.17, 15) is 0 Å². The summed E-state index contributed by atoms with van der Waals surface area (Å²) in [5.74, 6) is 1.40. The summed E-state index contributed by atoms with van der Waals surface area (Å²) in [7, 11) is 0. The van der Waals surface area contributed by atoms with Crippen molar-refractivity contribution in [2.75, 3.05) is 13.1 Å². The first-order valence-corrected chi connectivity index (χ1v) is 6.93. The van der Waals surface area contributed by atoms with Gasteiger partial charge in [-0.3, -0.25) is 0 Å². The van der Waals surface area contributed by atoms with E-state index in [2.05, 4.69) is 57.3 Å². The van der Waals surface area contributed by atoms with Crippen LogP contribution in [0.25, 0.3) is 0 Å². The van der Waals surface area contributed by atoms with Gasteiger partial charge in [0.25, 0.3) is 0 Å². The van der Waals surface area contributed by atoms with E-state index >= 15 is 0 Å². The van der Waals surface area contributed by atoms with Gasteiger partial charge in [0.2, 0.25) is 0 Å². The molecule has 0 aliphatic heterocycles. The third-order valence-electron chi connectivity index (χ3n) is 3.31. The number of hydrogen-bond donors (Lipinski definition) is 1. The van der Waals surface area contributed by atoms with Crippen molar-refractivity contribution in [3.05, 3.63) is 35.4 Å². The molecule has 0 saturated heterocycles. The van der Waals surface area contributed by atoms with Crippen LogP contribution in [-0.2, 0) is 6.42 Å². The molecule has 1 N–H and O–H groups in total. The molecule has 0 saturated carbocycles. The number of aryl methyl sites for hydroxylation is 1. The molecule has 1 nitrogen and oxygen atoms in total. The van der Waals surface area contributed by atoms with Gasteiger partial charge in [0.1, 0.15) is 0 Å². The Bertz CT molecular complexity index is 300. The van der Waals surface area contributed by atoms with Gasteiger partial charge in [-0.15, -0.1) is 0 Å². The second-order valence-electron chi connectivity index (χ2n) is 5.35. The van der Waals surface area contributed by atoms with Crippen LogP contribution in [-0.4, -0.2) is 13.1 Å². The highest BCUT2D eigenvalue weighted by Gasteiger charge is 2.03. The molecule has 0 spiro atoms. The molecule has 0 bridgehead atoms. The highest BCUT2D eigenvalue weighted by atomic mass is 14.8. The summed E-state index contributed by atoms with van der Waals surface area (Å²) in [5.41, 5.74) is 2.91. The second kappa shape index (κ2) is 7.50. The summed E-state index contributed by atoms with van der Waals surface area (Å²) >= 11 is 0. The fourth-order valence-corrected chi connectivity index (χ4v) is 1.98. The van der Waals surface area contributed by atoms with Crippen LogP contribution < -0.4 is 5.32 Å². The van der Waals surface area contributed by atoms with Crippen LogP contribution in [0, 0.1) is 5.92 Å². The van der Waals surface area contributed by atoms with Crippen molar-refractivity contribution in [1.29, 1.82) is 0 Å². The van der Waals surface area contributed by atoms with Crippen molar-refractivity contribution in [3.8, 4) is 0 Å². The maximum atomic E-state index is 3.41. The fraction of sp³-hybridized carbons (Fsp3) is 0.625. The molecule has 1 unspecified atom stereocenters. The van der Waals surface area contributed by atoms with Gasteiger partial charge in [-0.1, -0.05) is 52.0 Å². The van der Waals surface area contributed by atoms with E-state index in [1.807, 2.05) is 0 Å². The molecular weight excluding hydrogens is 206 g/mol. The van der Waals surface area contributed by atoms with Crippen LogP contribution in [0.4, 0.5) is 0 Å². The molecule has 0 aromatic heterocycles. The summed E-state index contributed by atoms with van der Waals surface area (Å²) in [4.78, 5) is 0. The van der Waals surface area contributed by atoms with Crippen molar-refractivity contribution in [2.24, 2.45) is 5.92 Å². The minimum atomic E-state index is 0.636. The first-order valence-electron chi connectivity index (χ1n) is 6.93. The zero-order chi connectivity index (χ0) is 12.7. The minimum Gasteiger partial charge on any atom is -0.317 e. The highest BCUT2D eigenvalue weighted by Crippen LogP contribution is 2.16. The molecule has 17 heavy (non-hydrogen) atoms. The summed E-state index contributed by atoms with van der Waals surface area (Å²) in [6.45, 7) is 11.2. The largest absolute Gasteiger partial charge is 0.317 e. The van der Waals surface area contributed by atoms with Crippen molar-refractivity contribution in [3.63, 3.8) is 0 Å². The predicted molar refractivity (Wildman–Crippen MR) is 76.6 cm³/mol. The van der Waals surface area contributed by atoms with Crippen molar-refractivity contribution >= 4 is 0 Å². The molecular formula is C16H27N. The third-order valence-corrected chi connectivity index (χ3v) is 3.31. The third kappa shape index (κ3) is 5.36. The van der Waals surface area contributed by atoms with Gasteiger partial charge >= 0.3 is 0 Å². The summed E-state index contributed by atoms with van der Waals surface area (Å²) < 4.78 is 0. The lowest BCUT2D eigenvalue weighted by molar-refractivity contribution is 0.489. The molecule has 96 valence electrons. The van der Waals surface area contributed by atoms with E-state index < -0.39 is 0 Å². The molecule has 0 aliphatic carbocycles. The number of rotatable bonds is 7. The van der Waals surface area contributed by atoms with E-state index in [1.54, 1.807) is 0 Å². The lowest BCUT2D eigenvalue weighted by Gasteiger charge is -2.12. The monoisotopic (exact) mass is 233 g/mol. The molecule has 1 heteroatoms. The van der Waals surface area contributed by atoms with E-state index in [1.165, 1.54) is 24.0 Å². The summed E-state index contributed by atoms with van der Waals surface area (Å²) in [6, 6.07) is 9.12. The maximum Gasteiger partial charge on any atom is -0.00232 e. The lowest BCUT2D eigenvalue weighted by Crippen LogP contribution is -2.20. The van der Waals surface area contributed by atoms with Crippen LogP contribution in [0.1, 0.15) is 51.2 Å². The smallest absolute Gasteiger partial charge is 0.00232 e. The van der Waals surface area contributed by atoms with Crippen LogP contribution >= 0.6 is 0 Å². The maximum absolute atomic E-state index is 3.41. The number of benzene rings is 1. The Morgan fingerprint density at radius 2 is 1.71 bits per heavy atom. The predicted octanol–water partition coefficient (Wildman–Crippen LogP) is 3.99. The Morgan fingerprint density at radius 1 is 1.06 bits per heavy atom. The van der Waals surface area contributed by atoms with Gasteiger partial charge in [-0.2, -0.15) is 0 Å². The Morgan fingerprint density at radius 3 is 2.24 bits per heavy atom. The second-order valence-corrected chi connectivity index (χ2v) is 5.35. The topological polar surface area (TPSA) is 12.0 Å². The number of hydrogen-bond acceptors (Lipinski definition) is 1. The van der Waals surface area contributed by atoms with Crippen LogP contribution in [0.5, 0.6) is 0 Å². The molecule has 0 aliphatic rings. The van der Waals surface area contributed by atoms with Crippen molar-refractivity contribution in [1.82, 2.24) is 5.32 Å². The molecule has 0 radical (unpaired) electrons. The Labute approximate surface area is 107 Å². The minimum absolute atomic E-state index is 0.636. The Kier molecular flexibility index (Phi) is 6.28. The fourth-order valence-electron chi connectivity index (χ4n) is 1.98. The summed E-state index contributed by atoms with van der Waals surface area (Å²) in [6.07, 6.45) is 2.47. The van der Waals surface area contributed by atoms with Crippen LogP contribution in [0.3, 0.4) is 0 Å². The van der Waals surface area contributed by atoms with Crippen molar-refractivity contribution < 1.29 is 0 Å². The van der Waals surface area contributed by atoms with Gasteiger partial charge in [-0.05, 0) is 48.9 Å². The van der Waals surface area contributed by atoms with Gasteiger partial charge < -0.3 is 5.32 Å².